The first-order valence-electron chi connectivity index (χ1n) is 7.14. The first-order chi connectivity index (χ1) is 8.71. The monoisotopic (exact) mass is 284 g/mol. The van der Waals surface area contributed by atoms with Crippen LogP contribution in [-0.2, 0) is 10.8 Å². The van der Waals surface area contributed by atoms with Gasteiger partial charge in [0, 0.05) is 10.8 Å². The van der Waals surface area contributed by atoms with Crippen molar-refractivity contribution in [3.63, 3.8) is 0 Å². The van der Waals surface area contributed by atoms with Crippen molar-refractivity contribution in [2.75, 3.05) is 13.2 Å². The van der Waals surface area contributed by atoms with Crippen LogP contribution in [0.1, 0.15) is 65.1 Å². The van der Waals surface area contributed by atoms with Crippen LogP contribution in [0.5, 0.6) is 11.5 Å². The van der Waals surface area contributed by atoms with Gasteiger partial charge in [-0.1, -0.05) is 55.4 Å². The second-order valence-corrected chi connectivity index (χ2v) is 7.64. The Kier molecular flexibility index (Phi) is 4.94. The van der Waals surface area contributed by atoms with Crippen LogP contribution < -0.4 is 9.47 Å². The van der Waals surface area contributed by atoms with Crippen LogP contribution in [0.2, 0.25) is 0 Å². The van der Waals surface area contributed by atoms with Crippen molar-refractivity contribution >= 4 is 11.3 Å². The summed E-state index contributed by atoms with van der Waals surface area (Å²) >= 11 is 1.84. The second kappa shape index (κ2) is 5.74. The van der Waals surface area contributed by atoms with E-state index in [1.165, 1.54) is 9.75 Å². The first kappa shape index (κ1) is 16.4. The fraction of sp³-hybridized carbons (Fsp3) is 0.750. The molecule has 0 spiro atoms. The minimum Gasteiger partial charge on any atom is -0.485 e. The molecule has 1 aliphatic rings. The lowest BCUT2D eigenvalue weighted by Crippen LogP contribution is -2.19. The van der Waals surface area contributed by atoms with E-state index >= 15 is 0 Å². The van der Waals surface area contributed by atoms with Crippen molar-refractivity contribution < 1.29 is 9.47 Å². The molecule has 19 heavy (non-hydrogen) atoms. The molecule has 3 heteroatoms. The van der Waals surface area contributed by atoms with Crippen molar-refractivity contribution in [3.05, 3.63) is 9.75 Å². The molecule has 0 N–H and O–H groups in total. The van der Waals surface area contributed by atoms with Gasteiger partial charge in [-0.2, -0.15) is 0 Å². The van der Waals surface area contributed by atoms with Gasteiger partial charge in [-0.05, 0) is 0 Å². The van der Waals surface area contributed by atoms with E-state index in [9.17, 15) is 0 Å². The zero-order chi connectivity index (χ0) is 14.8. The molecule has 0 radical (unpaired) electrons. The topological polar surface area (TPSA) is 18.5 Å². The second-order valence-electron chi connectivity index (χ2n) is 6.62. The molecule has 2 heterocycles. The fourth-order valence-electron chi connectivity index (χ4n) is 1.94. The summed E-state index contributed by atoms with van der Waals surface area (Å²) in [6.07, 6.45) is 0. The molecular weight excluding hydrogens is 256 g/mol. The summed E-state index contributed by atoms with van der Waals surface area (Å²) in [6, 6.07) is 0. The van der Waals surface area contributed by atoms with Crippen LogP contribution in [0.15, 0.2) is 0 Å². The van der Waals surface area contributed by atoms with Crippen LogP contribution in [0.3, 0.4) is 0 Å². The van der Waals surface area contributed by atoms with Gasteiger partial charge < -0.3 is 9.47 Å². The molecule has 2 nitrogen and oxygen atoms in total. The molecule has 0 bridgehead atoms. The zero-order valence-electron chi connectivity index (χ0n) is 13.6. The average Bonchev–Trinajstić information content (AvgIpc) is 2.70. The smallest absolute Gasteiger partial charge is 0.176 e. The number of rotatable bonds is 0. The Balaban J connectivity index is 0.000000861. The van der Waals surface area contributed by atoms with Crippen molar-refractivity contribution in [1.29, 1.82) is 0 Å². The summed E-state index contributed by atoms with van der Waals surface area (Å²) in [4.78, 5) is 2.61. The van der Waals surface area contributed by atoms with E-state index in [0.29, 0.717) is 13.2 Å². The van der Waals surface area contributed by atoms with E-state index in [2.05, 4.69) is 41.5 Å². The molecule has 0 saturated carbocycles. The predicted molar refractivity (Wildman–Crippen MR) is 84.1 cm³/mol. The average molecular weight is 284 g/mol. The third kappa shape index (κ3) is 3.44. The van der Waals surface area contributed by atoms with Crippen LogP contribution in [0.25, 0.3) is 0 Å². The molecule has 0 aliphatic carbocycles. The van der Waals surface area contributed by atoms with Gasteiger partial charge in [0.15, 0.2) is 11.5 Å². The normalized spacial score (nSPS) is 14.7. The van der Waals surface area contributed by atoms with Gasteiger partial charge in [0.05, 0.1) is 9.75 Å². The lowest BCUT2D eigenvalue weighted by molar-refractivity contribution is 0.167. The Morgan fingerprint density at radius 3 is 1.32 bits per heavy atom. The van der Waals surface area contributed by atoms with Gasteiger partial charge in [0.25, 0.3) is 0 Å². The largest absolute Gasteiger partial charge is 0.485 e. The van der Waals surface area contributed by atoms with Gasteiger partial charge in [0.1, 0.15) is 13.2 Å². The summed E-state index contributed by atoms with van der Waals surface area (Å²) < 4.78 is 11.7. The van der Waals surface area contributed by atoms with E-state index in [1.807, 2.05) is 25.2 Å². The van der Waals surface area contributed by atoms with Gasteiger partial charge in [-0.25, -0.2) is 0 Å². The van der Waals surface area contributed by atoms with Crippen molar-refractivity contribution in [2.24, 2.45) is 0 Å². The minimum atomic E-state index is 0.110. The van der Waals surface area contributed by atoms with Crippen LogP contribution in [0.4, 0.5) is 0 Å². The highest BCUT2D eigenvalue weighted by Gasteiger charge is 2.34. The highest BCUT2D eigenvalue weighted by atomic mass is 32.1. The number of thiophene rings is 1. The van der Waals surface area contributed by atoms with E-state index in [1.54, 1.807) is 0 Å². The lowest BCUT2D eigenvalue weighted by atomic mass is 9.91. The number of hydrogen-bond donors (Lipinski definition) is 0. The minimum absolute atomic E-state index is 0.110. The third-order valence-electron chi connectivity index (χ3n) is 2.76. The molecule has 0 fully saturated rings. The lowest BCUT2D eigenvalue weighted by Gasteiger charge is -2.23. The van der Waals surface area contributed by atoms with E-state index in [-0.39, 0.29) is 10.8 Å². The number of ether oxygens (including phenoxy) is 2. The SMILES string of the molecule is CC.CC(C)(C)c1sc(C(C)(C)C)c2c1OCCO2. The molecule has 1 aromatic rings. The van der Waals surface area contributed by atoms with E-state index in [4.69, 9.17) is 9.47 Å². The highest BCUT2D eigenvalue weighted by Crippen LogP contribution is 2.52. The summed E-state index contributed by atoms with van der Waals surface area (Å²) in [7, 11) is 0. The van der Waals surface area contributed by atoms with Gasteiger partial charge in [-0.3, -0.25) is 0 Å². The maximum atomic E-state index is 5.84. The predicted octanol–water partition coefficient (Wildman–Crippen LogP) is 5.14. The molecule has 0 unspecified atom stereocenters. The van der Waals surface area contributed by atoms with Gasteiger partial charge in [0.2, 0.25) is 0 Å². The molecule has 0 amide bonds. The Morgan fingerprint density at radius 1 is 0.737 bits per heavy atom. The van der Waals surface area contributed by atoms with E-state index < -0.39 is 0 Å². The quantitative estimate of drug-likeness (QED) is 0.656. The Morgan fingerprint density at radius 2 is 1.05 bits per heavy atom. The van der Waals surface area contributed by atoms with Crippen LogP contribution in [-0.4, -0.2) is 13.2 Å². The van der Waals surface area contributed by atoms with Gasteiger partial charge >= 0.3 is 0 Å². The summed E-state index contributed by atoms with van der Waals surface area (Å²) in [5.74, 6) is 1.97. The molecule has 1 aromatic heterocycles. The van der Waals surface area contributed by atoms with E-state index in [0.717, 1.165) is 11.5 Å². The summed E-state index contributed by atoms with van der Waals surface area (Å²) in [5.41, 5.74) is 0.220. The molecule has 2 rings (SSSR count). The summed E-state index contributed by atoms with van der Waals surface area (Å²) in [6.45, 7) is 18.7. The maximum absolute atomic E-state index is 5.84. The highest BCUT2D eigenvalue weighted by molar-refractivity contribution is 7.13. The molecule has 1 aliphatic heterocycles. The first-order valence-corrected chi connectivity index (χ1v) is 7.96. The number of hydrogen-bond acceptors (Lipinski definition) is 3. The summed E-state index contributed by atoms with van der Waals surface area (Å²) in [5, 5.41) is 0. The Labute approximate surface area is 122 Å². The van der Waals surface area contributed by atoms with Crippen LogP contribution >= 0.6 is 11.3 Å². The fourth-order valence-corrected chi connectivity index (χ4v) is 3.24. The third-order valence-corrected chi connectivity index (χ3v) is 4.77. The van der Waals surface area contributed by atoms with Crippen LogP contribution in [0, 0.1) is 0 Å². The zero-order valence-corrected chi connectivity index (χ0v) is 14.5. The van der Waals surface area contributed by atoms with Crippen molar-refractivity contribution in [1.82, 2.24) is 0 Å². The maximum Gasteiger partial charge on any atom is 0.176 e. The molecule has 0 aromatic carbocycles. The molecule has 0 saturated heterocycles. The molecular formula is C16H28O2S. The van der Waals surface area contributed by atoms with Crippen molar-refractivity contribution in [3.8, 4) is 11.5 Å². The Hall–Kier alpha value is -0.700. The standard InChI is InChI=1S/C14H22O2S.C2H6/c1-13(2,3)11-9-10(16-8-7-15-9)12(17-11)14(4,5)6;1-2/h7-8H2,1-6H3;1-2H3. The van der Waals surface area contributed by atoms with Gasteiger partial charge in [-0.15, -0.1) is 11.3 Å². The molecule has 110 valence electrons. The number of fused-ring (bicyclic) bond motifs is 1. The molecule has 0 atom stereocenters. The Bertz CT molecular complexity index is 381. The van der Waals surface area contributed by atoms with Crippen molar-refractivity contribution in [2.45, 2.75) is 66.2 Å².